The van der Waals surface area contributed by atoms with Gasteiger partial charge < -0.3 is 9.47 Å². The molecular weight excluding hydrogens is 248 g/mol. The summed E-state index contributed by atoms with van der Waals surface area (Å²) in [7, 11) is 0. The molecule has 1 fully saturated rings. The summed E-state index contributed by atoms with van der Waals surface area (Å²) in [6.45, 7) is 0.493. The molecule has 4 heteroatoms. The van der Waals surface area contributed by atoms with Crippen molar-refractivity contribution in [3.8, 4) is 0 Å². The van der Waals surface area contributed by atoms with Gasteiger partial charge in [-0.1, -0.05) is 28.1 Å². The van der Waals surface area contributed by atoms with Crippen LogP contribution in [0.25, 0.3) is 0 Å². The molecule has 0 spiro atoms. The highest BCUT2D eigenvalue weighted by molar-refractivity contribution is 9.10. The lowest BCUT2D eigenvalue weighted by atomic mass is 10.1. The van der Waals surface area contributed by atoms with E-state index in [1.807, 2.05) is 24.3 Å². The maximum atomic E-state index is 11.0. The fourth-order valence-corrected chi connectivity index (χ4v) is 1.76. The van der Waals surface area contributed by atoms with E-state index in [0.717, 1.165) is 10.0 Å². The van der Waals surface area contributed by atoms with Crippen molar-refractivity contribution in [2.45, 2.75) is 6.10 Å². The summed E-state index contributed by atoms with van der Waals surface area (Å²) in [5.41, 5.74) is 0.951. The zero-order valence-corrected chi connectivity index (χ0v) is 8.99. The van der Waals surface area contributed by atoms with Crippen LogP contribution in [0.3, 0.4) is 0 Å². The monoisotopic (exact) mass is 256 g/mol. The van der Waals surface area contributed by atoms with Gasteiger partial charge in [0.25, 0.3) is 0 Å². The van der Waals surface area contributed by atoms with E-state index in [-0.39, 0.29) is 18.7 Å². The molecule has 1 saturated heterocycles. The first kappa shape index (κ1) is 9.68. The van der Waals surface area contributed by atoms with E-state index < -0.39 is 0 Å². The van der Waals surface area contributed by atoms with Gasteiger partial charge in [-0.05, 0) is 17.7 Å². The fraction of sp³-hybridized carbons (Fsp3) is 0.300. The van der Waals surface area contributed by atoms with Crippen LogP contribution in [0, 0.1) is 0 Å². The molecule has 0 radical (unpaired) electrons. The van der Waals surface area contributed by atoms with Gasteiger partial charge in [-0.15, -0.1) is 0 Å². The van der Waals surface area contributed by atoms with E-state index in [1.165, 1.54) is 0 Å². The number of esters is 1. The van der Waals surface area contributed by atoms with Gasteiger partial charge in [0.2, 0.25) is 0 Å². The quantitative estimate of drug-likeness (QED) is 0.722. The van der Waals surface area contributed by atoms with Crippen LogP contribution in [0.2, 0.25) is 0 Å². The number of carbonyl (C=O) groups excluding carboxylic acids is 1. The number of cyclic esters (lactones) is 1. The van der Waals surface area contributed by atoms with Crippen molar-refractivity contribution in [3.63, 3.8) is 0 Å². The van der Waals surface area contributed by atoms with Gasteiger partial charge in [0.1, 0.15) is 6.61 Å². The highest BCUT2D eigenvalue weighted by Crippen LogP contribution is 2.23. The van der Waals surface area contributed by atoms with Gasteiger partial charge in [0.15, 0.2) is 6.10 Å². The molecule has 0 bridgehead atoms. The van der Waals surface area contributed by atoms with Crippen LogP contribution < -0.4 is 0 Å². The van der Waals surface area contributed by atoms with E-state index in [4.69, 9.17) is 9.47 Å². The first-order valence-corrected chi connectivity index (χ1v) is 5.08. The summed E-state index contributed by atoms with van der Waals surface area (Å²) in [5.74, 6) is -0.304. The maximum absolute atomic E-state index is 11.0. The van der Waals surface area contributed by atoms with Gasteiger partial charge in [-0.3, -0.25) is 0 Å². The van der Waals surface area contributed by atoms with Crippen molar-refractivity contribution in [1.29, 1.82) is 0 Å². The minimum Gasteiger partial charge on any atom is -0.453 e. The standard InChI is InChI=1S/C10H9BrO3/c11-8-3-1-2-7(4-8)9-5-13-6-10(12)14-9/h1-4,9H,5-6H2. The van der Waals surface area contributed by atoms with Crippen LogP contribution >= 0.6 is 15.9 Å². The van der Waals surface area contributed by atoms with Crippen molar-refractivity contribution in [1.82, 2.24) is 0 Å². The highest BCUT2D eigenvalue weighted by Gasteiger charge is 2.22. The van der Waals surface area contributed by atoms with Gasteiger partial charge in [0, 0.05) is 4.47 Å². The van der Waals surface area contributed by atoms with Crippen molar-refractivity contribution in [3.05, 3.63) is 34.3 Å². The Balaban J connectivity index is 2.17. The summed E-state index contributed by atoms with van der Waals surface area (Å²) in [6.07, 6.45) is -0.270. The average molecular weight is 257 g/mol. The van der Waals surface area contributed by atoms with Gasteiger partial charge >= 0.3 is 5.97 Å². The number of ether oxygens (including phenoxy) is 2. The topological polar surface area (TPSA) is 35.5 Å². The Hall–Kier alpha value is -0.870. The third-order valence-electron chi connectivity index (χ3n) is 1.98. The number of halogens is 1. The molecule has 74 valence electrons. The Morgan fingerprint density at radius 3 is 3.00 bits per heavy atom. The Morgan fingerprint density at radius 2 is 2.29 bits per heavy atom. The molecule has 1 atom stereocenters. The number of carbonyl (C=O) groups is 1. The van der Waals surface area contributed by atoms with Crippen molar-refractivity contribution < 1.29 is 14.3 Å². The fourth-order valence-electron chi connectivity index (χ4n) is 1.35. The lowest BCUT2D eigenvalue weighted by Gasteiger charge is -2.22. The molecule has 3 nitrogen and oxygen atoms in total. The lowest BCUT2D eigenvalue weighted by molar-refractivity contribution is -0.170. The summed E-state index contributed by atoms with van der Waals surface area (Å²) in [6, 6.07) is 7.67. The molecule has 2 rings (SSSR count). The third kappa shape index (κ3) is 2.13. The first-order valence-electron chi connectivity index (χ1n) is 4.28. The summed E-state index contributed by atoms with van der Waals surface area (Å²) >= 11 is 3.36. The molecule has 0 N–H and O–H groups in total. The highest BCUT2D eigenvalue weighted by atomic mass is 79.9. The lowest BCUT2D eigenvalue weighted by Crippen LogP contribution is -2.26. The van der Waals surface area contributed by atoms with E-state index in [0.29, 0.717) is 6.61 Å². The predicted molar refractivity (Wildman–Crippen MR) is 53.8 cm³/mol. The largest absolute Gasteiger partial charge is 0.453 e. The van der Waals surface area contributed by atoms with Crippen LogP contribution in [-0.2, 0) is 14.3 Å². The number of hydrogen-bond donors (Lipinski definition) is 0. The Kier molecular flexibility index (Phi) is 2.84. The van der Waals surface area contributed by atoms with E-state index in [2.05, 4.69) is 15.9 Å². The van der Waals surface area contributed by atoms with Gasteiger partial charge in [0.05, 0.1) is 6.61 Å². The smallest absolute Gasteiger partial charge is 0.332 e. The van der Waals surface area contributed by atoms with E-state index >= 15 is 0 Å². The van der Waals surface area contributed by atoms with Crippen LogP contribution in [0.15, 0.2) is 28.7 Å². The first-order chi connectivity index (χ1) is 6.75. The second kappa shape index (κ2) is 4.11. The zero-order chi connectivity index (χ0) is 9.97. The Bertz CT molecular complexity index is 351. The normalized spacial score (nSPS) is 21.8. The van der Waals surface area contributed by atoms with Crippen molar-refractivity contribution in [2.75, 3.05) is 13.2 Å². The Morgan fingerprint density at radius 1 is 1.43 bits per heavy atom. The molecule has 1 aliphatic heterocycles. The predicted octanol–water partition coefficient (Wildman–Crippen LogP) is 2.06. The van der Waals surface area contributed by atoms with Gasteiger partial charge in [-0.2, -0.15) is 0 Å². The molecule has 1 aliphatic rings. The minimum absolute atomic E-state index is 0.0600. The molecule has 1 aromatic rings. The third-order valence-corrected chi connectivity index (χ3v) is 2.48. The van der Waals surface area contributed by atoms with Crippen LogP contribution in [0.4, 0.5) is 0 Å². The zero-order valence-electron chi connectivity index (χ0n) is 7.40. The number of hydrogen-bond acceptors (Lipinski definition) is 3. The van der Waals surface area contributed by atoms with E-state index in [1.54, 1.807) is 0 Å². The van der Waals surface area contributed by atoms with E-state index in [9.17, 15) is 4.79 Å². The molecular formula is C10H9BrO3. The van der Waals surface area contributed by atoms with Crippen molar-refractivity contribution >= 4 is 21.9 Å². The summed E-state index contributed by atoms with van der Waals surface area (Å²) < 4.78 is 11.2. The van der Waals surface area contributed by atoms with Crippen molar-refractivity contribution in [2.24, 2.45) is 0 Å². The summed E-state index contributed by atoms with van der Waals surface area (Å²) in [5, 5.41) is 0. The van der Waals surface area contributed by atoms with Crippen LogP contribution in [-0.4, -0.2) is 19.2 Å². The van der Waals surface area contributed by atoms with Crippen LogP contribution in [0.5, 0.6) is 0 Å². The van der Waals surface area contributed by atoms with Crippen LogP contribution in [0.1, 0.15) is 11.7 Å². The summed E-state index contributed by atoms with van der Waals surface area (Å²) in [4.78, 5) is 11.0. The molecule has 1 unspecified atom stereocenters. The molecule has 0 aliphatic carbocycles. The average Bonchev–Trinajstić information content (AvgIpc) is 2.18. The second-order valence-corrected chi connectivity index (χ2v) is 3.96. The molecule has 14 heavy (non-hydrogen) atoms. The minimum atomic E-state index is -0.304. The molecule has 1 heterocycles. The number of benzene rings is 1. The Labute approximate surface area is 90.1 Å². The molecule has 0 amide bonds. The SMILES string of the molecule is O=C1COCC(c2cccc(Br)c2)O1. The van der Waals surface area contributed by atoms with Gasteiger partial charge in [-0.25, -0.2) is 4.79 Å². The molecule has 0 aromatic heterocycles. The molecule has 0 saturated carbocycles. The second-order valence-electron chi connectivity index (χ2n) is 3.05. The molecule has 1 aromatic carbocycles. The number of rotatable bonds is 1. The maximum Gasteiger partial charge on any atom is 0.332 e.